The largest absolute Gasteiger partial charge is 0.346 e. The van der Waals surface area contributed by atoms with E-state index in [1.54, 1.807) is 13.0 Å². The standard InChI is InChI=1S/C18H16N2O/c1-13(21)6-5-9-15-12-20-18-17(15)16(10-11-19-18)14-7-3-2-4-8-14/h2-8,10-12H,9H2,1H3,(H,19,20)/b6-5+. The maximum Gasteiger partial charge on any atom is 0.152 e. The highest BCUT2D eigenvalue weighted by Gasteiger charge is 2.10. The molecule has 0 aliphatic rings. The molecule has 0 saturated carbocycles. The van der Waals surface area contributed by atoms with Gasteiger partial charge in [0.1, 0.15) is 5.65 Å². The number of nitrogens with zero attached hydrogens (tertiary/aromatic N) is 1. The summed E-state index contributed by atoms with van der Waals surface area (Å²) < 4.78 is 0. The Bertz CT molecular complexity index is 800. The van der Waals surface area contributed by atoms with E-state index in [9.17, 15) is 4.79 Å². The lowest BCUT2D eigenvalue weighted by Crippen LogP contribution is -1.86. The number of carbonyl (C=O) groups is 1. The molecule has 0 bridgehead atoms. The van der Waals surface area contributed by atoms with Crippen LogP contribution >= 0.6 is 0 Å². The van der Waals surface area contributed by atoms with Crippen LogP contribution in [-0.4, -0.2) is 15.8 Å². The van der Waals surface area contributed by atoms with Crippen LogP contribution in [-0.2, 0) is 11.2 Å². The van der Waals surface area contributed by atoms with Crippen LogP contribution < -0.4 is 0 Å². The number of nitrogens with one attached hydrogen (secondary N) is 1. The second-order valence-corrected chi connectivity index (χ2v) is 4.98. The normalized spacial score (nSPS) is 11.3. The summed E-state index contributed by atoms with van der Waals surface area (Å²) in [6, 6.07) is 12.3. The lowest BCUT2D eigenvalue weighted by Gasteiger charge is -2.05. The minimum absolute atomic E-state index is 0.0660. The van der Waals surface area contributed by atoms with Crippen LogP contribution in [0.3, 0.4) is 0 Å². The highest BCUT2D eigenvalue weighted by molar-refractivity contribution is 5.95. The third-order valence-corrected chi connectivity index (χ3v) is 3.43. The topological polar surface area (TPSA) is 45.8 Å². The van der Waals surface area contributed by atoms with E-state index in [1.807, 2.05) is 42.7 Å². The third-order valence-electron chi connectivity index (χ3n) is 3.43. The molecule has 0 fully saturated rings. The first-order valence-electron chi connectivity index (χ1n) is 6.93. The van der Waals surface area contributed by atoms with Crippen molar-refractivity contribution >= 4 is 16.8 Å². The summed E-state index contributed by atoms with van der Waals surface area (Å²) in [4.78, 5) is 18.6. The van der Waals surface area contributed by atoms with Crippen molar-refractivity contribution in [2.45, 2.75) is 13.3 Å². The SMILES string of the molecule is CC(=O)/C=C/Cc1c[nH]c2nccc(-c3ccccc3)c12. The Kier molecular flexibility index (Phi) is 3.65. The van der Waals surface area contributed by atoms with Crippen molar-refractivity contribution in [3.63, 3.8) is 0 Å². The number of aromatic nitrogens is 2. The molecule has 3 aromatic rings. The quantitative estimate of drug-likeness (QED) is 0.734. The first-order chi connectivity index (χ1) is 10.3. The van der Waals surface area contributed by atoms with Crippen molar-refractivity contribution in [1.29, 1.82) is 0 Å². The Morgan fingerprint density at radius 3 is 2.81 bits per heavy atom. The van der Waals surface area contributed by atoms with Gasteiger partial charge in [0.2, 0.25) is 0 Å². The predicted octanol–water partition coefficient (Wildman–Crippen LogP) is 3.92. The summed E-state index contributed by atoms with van der Waals surface area (Å²) in [5.74, 6) is 0.0660. The molecule has 21 heavy (non-hydrogen) atoms. The van der Waals surface area contributed by atoms with Gasteiger partial charge in [-0.15, -0.1) is 0 Å². The summed E-state index contributed by atoms with van der Waals surface area (Å²) in [6.07, 6.45) is 8.00. The molecular formula is C18H16N2O. The van der Waals surface area contributed by atoms with Gasteiger partial charge in [0.05, 0.1) is 0 Å². The monoisotopic (exact) mass is 276 g/mol. The maximum absolute atomic E-state index is 11.0. The zero-order valence-electron chi connectivity index (χ0n) is 11.8. The number of fused-ring (bicyclic) bond motifs is 1. The molecule has 0 spiro atoms. The van der Waals surface area contributed by atoms with Crippen LogP contribution in [0.1, 0.15) is 12.5 Å². The first kappa shape index (κ1) is 13.3. The molecule has 3 nitrogen and oxygen atoms in total. The molecule has 104 valence electrons. The van der Waals surface area contributed by atoms with Gasteiger partial charge in [-0.25, -0.2) is 4.98 Å². The average molecular weight is 276 g/mol. The Morgan fingerprint density at radius 2 is 2.05 bits per heavy atom. The van der Waals surface area contributed by atoms with E-state index in [1.165, 1.54) is 5.56 Å². The number of allylic oxidation sites excluding steroid dienone is 2. The van der Waals surface area contributed by atoms with E-state index in [0.29, 0.717) is 6.42 Å². The predicted molar refractivity (Wildman–Crippen MR) is 85.1 cm³/mol. The first-order valence-corrected chi connectivity index (χ1v) is 6.93. The zero-order chi connectivity index (χ0) is 14.7. The molecule has 2 heterocycles. The fourth-order valence-electron chi connectivity index (χ4n) is 2.50. The Morgan fingerprint density at radius 1 is 1.24 bits per heavy atom. The van der Waals surface area contributed by atoms with Crippen molar-refractivity contribution < 1.29 is 4.79 Å². The molecular weight excluding hydrogens is 260 g/mol. The van der Waals surface area contributed by atoms with Crippen LogP contribution in [0.4, 0.5) is 0 Å². The maximum atomic E-state index is 11.0. The van der Waals surface area contributed by atoms with Crippen molar-refractivity contribution in [1.82, 2.24) is 9.97 Å². The number of H-pyrrole nitrogens is 1. The number of ketones is 1. The van der Waals surface area contributed by atoms with Gasteiger partial charge < -0.3 is 4.98 Å². The number of benzene rings is 1. The van der Waals surface area contributed by atoms with Crippen molar-refractivity contribution in [2.24, 2.45) is 0 Å². The summed E-state index contributed by atoms with van der Waals surface area (Å²) in [6.45, 7) is 1.56. The molecule has 3 heteroatoms. The van der Waals surface area contributed by atoms with Gasteiger partial charge in [0.15, 0.2) is 5.78 Å². The van der Waals surface area contributed by atoms with Gasteiger partial charge in [-0.3, -0.25) is 4.79 Å². The van der Waals surface area contributed by atoms with E-state index in [-0.39, 0.29) is 5.78 Å². The van der Waals surface area contributed by atoms with Crippen LogP contribution in [0.25, 0.3) is 22.2 Å². The average Bonchev–Trinajstić information content (AvgIpc) is 2.91. The van der Waals surface area contributed by atoms with E-state index in [4.69, 9.17) is 0 Å². The van der Waals surface area contributed by atoms with Gasteiger partial charge in [0, 0.05) is 17.8 Å². The van der Waals surface area contributed by atoms with Crippen molar-refractivity contribution in [2.75, 3.05) is 0 Å². The van der Waals surface area contributed by atoms with Gasteiger partial charge in [-0.1, -0.05) is 36.4 Å². The van der Waals surface area contributed by atoms with Gasteiger partial charge in [-0.05, 0) is 42.2 Å². The van der Waals surface area contributed by atoms with E-state index in [0.717, 1.165) is 22.2 Å². The molecule has 0 aliphatic carbocycles. The third kappa shape index (κ3) is 2.77. The Hall–Kier alpha value is -2.68. The highest BCUT2D eigenvalue weighted by Crippen LogP contribution is 2.30. The summed E-state index contributed by atoms with van der Waals surface area (Å²) in [5, 5.41) is 1.12. The number of aromatic amines is 1. The molecule has 2 aromatic heterocycles. The molecule has 0 radical (unpaired) electrons. The molecule has 0 unspecified atom stereocenters. The zero-order valence-corrected chi connectivity index (χ0v) is 11.8. The van der Waals surface area contributed by atoms with Crippen LogP contribution in [0.5, 0.6) is 0 Å². The molecule has 1 N–H and O–H groups in total. The number of pyridine rings is 1. The van der Waals surface area contributed by atoms with E-state index in [2.05, 4.69) is 22.1 Å². The molecule has 0 amide bonds. The molecule has 0 saturated heterocycles. The summed E-state index contributed by atoms with van der Waals surface area (Å²) >= 11 is 0. The Balaban J connectivity index is 2.09. The number of hydrogen-bond donors (Lipinski definition) is 1. The van der Waals surface area contributed by atoms with Gasteiger partial charge in [-0.2, -0.15) is 0 Å². The second-order valence-electron chi connectivity index (χ2n) is 4.98. The van der Waals surface area contributed by atoms with Crippen molar-refractivity contribution in [3.8, 4) is 11.1 Å². The van der Waals surface area contributed by atoms with E-state index >= 15 is 0 Å². The second kappa shape index (κ2) is 5.75. The molecule has 0 aliphatic heterocycles. The fraction of sp³-hybridized carbons (Fsp3) is 0.111. The molecule has 0 atom stereocenters. The lowest BCUT2D eigenvalue weighted by atomic mass is 10.00. The minimum atomic E-state index is 0.0660. The number of rotatable bonds is 4. The Labute approximate surface area is 123 Å². The van der Waals surface area contributed by atoms with E-state index < -0.39 is 0 Å². The van der Waals surface area contributed by atoms with Gasteiger partial charge in [0.25, 0.3) is 0 Å². The highest BCUT2D eigenvalue weighted by atomic mass is 16.1. The van der Waals surface area contributed by atoms with Crippen LogP contribution in [0, 0.1) is 0 Å². The van der Waals surface area contributed by atoms with Crippen LogP contribution in [0.15, 0.2) is 60.9 Å². The minimum Gasteiger partial charge on any atom is -0.346 e. The molecule has 3 rings (SSSR count). The summed E-state index contributed by atoms with van der Waals surface area (Å²) in [5.41, 5.74) is 4.35. The molecule has 1 aromatic carbocycles. The van der Waals surface area contributed by atoms with Gasteiger partial charge >= 0.3 is 0 Å². The van der Waals surface area contributed by atoms with Crippen LogP contribution in [0.2, 0.25) is 0 Å². The fourth-order valence-corrected chi connectivity index (χ4v) is 2.50. The lowest BCUT2D eigenvalue weighted by molar-refractivity contribution is -0.112. The number of hydrogen-bond acceptors (Lipinski definition) is 2. The van der Waals surface area contributed by atoms with Crippen molar-refractivity contribution in [3.05, 3.63) is 66.5 Å². The summed E-state index contributed by atoms with van der Waals surface area (Å²) in [7, 11) is 0. The smallest absolute Gasteiger partial charge is 0.152 e. The number of carbonyl (C=O) groups excluding carboxylic acids is 1.